The van der Waals surface area contributed by atoms with Crippen LogP contribution < -0.4 is 10.6 Å². The maximum Gasteiger partial charge on any atom is 0.270 e. The van der Waals surface area contributed by atoms with Crippen LogP contribution in [0.1, 0.15) is 61.0 Å². The number of hydrogen-bond donors (Lipinski definition) is 2. The summed E-state index contributed by atoms with van der Waals surface area (Å²) in [4.78, 5) is 21.0. The van der Waals surface area contributed by atoms with Crippen LogP contribution >= 0.6 is 0 Å². The number of rotatable bonds is 7. The van der Waals surface area contributed by atoms with Crippen molar-refractivity contribution in [2.24, 2.45) is 0 Å². The maximum atomic E-state index is 12.3. The Morgan fingerprint density at radius 1 is 1.04 bits per heavy atom. The Morgan fingerprint density at radius 2 is 1.81 bits per heavy atom. The summed E-state index contributed by atoms with van der Waals surface area (Å²) in [6.45, 7) is 0.642. The molecule has 1 amide bonds. The van der Waals surface area contributed by atoms with Crippen molar-refractivity contribution in [3.63, 3.8) is 0 Å². The standard InChI is InChI=1S/C21H28N4O/c26-20(22-15-8-11-17-9-4-3-5-10-17)19-14-16-23-21(25-19)24-18-12-6-1-2-7-13-18/h3-5,9-10,14,16,18H,1-2,6-8,11-13,15H2,(H,22,26)(H,23,24,25). The molecular weight excluding hydrogens is 324 g/mol. The number of carbonyl (C=O) groups is 1. The number of nitrogens with zero attached hydrogens (tertiary/aromatic N) is 2. The topological polar surface area (TPSA) is 66.9 Å². The highest BCUT2D eigenvalue weighted by atomic mass is 16.1. The van der Waals surface area contributed by atoms with E-state index in [1.807, 2.05) is 18.2 Å². The lowest BCUT2D eigenvalue weighted by molar-refractivity contribution is 0.0948. The van der Waals surface area contributed by atoms with Gasteiger partial charge in [-0.05, 0) is 37.3 Å². The number of anilines is 1. The van der Waals surface area contributed by atoms with Gasteiger partial charge in [0.05, 0.1) is 0 Å². The van der Waals surface area contributed by atoms with Gasteiger partial charge >= 0.3 is 0 Å². The molecule has 1 aliphatic carbocycles. The SMILES string of the molecule is O=C(NCCCc1ccccc1)c1ccnc(NC2CCCCCC2)n1. The summed E-state index contributed by atoms with van der Waals surface area (Å²) < 4.78 is 0. The van der Waals surface area contributed by atoms with E-state index in [1.165, 1.54) is 31.2 Å². The van der Waals surface area contributed by atoms with Crippen LogP contribution in [0.4, 0.5) is 5.95 Å². The highest BCUT2D eigenvalue weighted by molar-refractivity contribution is 5.92. The van der Waals surface area contributed by atoms with E-state index < -0.39 is 0 Å². The minimum Gasteiger partial charge on any atom is -0.351 e. The van der Waals surface area contributed by atoms with Gasteiger partial charge in [-0.25, -0.2) is 9.97 Å². The van der Waals surface area contributed by atoms with Crippen LogP contribution in [0.15, 0.2) is 42.6 Å². The summed E-state index contributed by atoms with van der Waals surface area (Å²) in [5.41, 5.74) is 1.72. The molecule has 3 rings (SSSR count). The Labute approximate surface area is 155 Å². The molecule has 1 aliphatic rings. The molecule has 0 radical (unpaired) electrons. The Morgan fingerprint density at radius 3 is 2.58 bits per heavy atom. The number of nitrogens with one attached hydrogen (secondary N) is 2. The number of aryl methyl sites for hydroxylation is 1. The van der Waals surface area contributed by atoms with Gasteiger partial charge in [0.2, 0.25) is 5.95 Å². The fourth-order valence-corrected chi connectivity index (χ4v) is 3.39. The van der Waals surface area contributed by atoms with Crippen LogP contribution in [0.3, 0.4) is 0 Å². The molecule has 1 saturated carbocycles. The van der Waals surface area contributed by atoms with Gasteiger partial charge in [0.15, 0.2) is 0 Å². The molecule has 0 spiro atoms. The molecule has 1 fully saturated rings. The van der Waals surface area contributed by atoms with Crippen molar-refractivity contribution in [3.8, 4) is 0 Å². The van der Waals surface area contributed by atoms with E-state index in [4.69, 9.17) is 0 Å². The Kier molecular flexibility index (Phi) is 6.99. The molecule has 0 bridgehead atoms. The minimum atomic E-state index is -0.135. The first kappa shape index (κ1) is 18.4. The minimum absolute atomic E-state index is 0.135. The molecule has 0 atom stereocenters. The van der Waals surface area contributed by atoms with E-state index in [-0.39, 0.29) is 5.91 Å². The molecule has 138 valence electrons. The summed E-state index contributed by atoms with van der Waals surface area (Å²) >= 11 is 0. The molecule has 0 aliphatic heterocycles. The van der Waals surface area contributed by atoms with Crippen LogP contribution in [0.25, 0.3) is 0 Å². The Bertz CT molecular complexity index is 681. The lowest BCUT2D eigenvalue weighted by Gasteiger charge is -2.16. The normalized spacial score (nSPS) is 15.2. The maximum absolute atomic E-state index is 12.3. The summed E-state index contributed by atoms with van der Waals surface area (Å²) in [6.07, 6.45) is 10.9. The van der Waals surface area contributed by atoms with Crippen molar-refractivity contribution in [1.82, 2.24) is 15.3 Å². The zero-order valence-corrected chi connectivity index (χ0v) is 15.3. The average molecular weight is 352 g/mol. The van der Waals surface area contributed by atoms with Crippen LogP contribution in [-0.4, -0.2) is 28.5 Å². The van der Waals surface area contributed by atoms with Crippen molar-refractivity contribution in [2.45, 2.75) is 57.4 Å². The predicted octanol–water partition coefficient (Wildman–Crippen LogP) is 3.97. The van der Waals surface area contributed by atoms with Gasteiger partial charge in [0.1, 0.15) is 5.69 Å². The van der Waals surface area contributed by atoms with Crippen molar-refractivity contribution < 1.29 is 4.79 Å². The zero-order chi connectivity index (χ0) is 18.0. The van der Waals surface area contributed by atoms with Gasteiger partial charge in [-0.15, -0.1) is 0 Å². The van der Waals surface area contributed by atoms with Crippen molar-refractivity contribution in [1.29, 1.82) is 0 Å². The molecular formula is C21H28N4O. The highest BCUT2D eigenvalue weighted by Gasteiger charge is 2.14. The van der Waals surface area contributed by atoms with Gasteiger partial charge in [-0.2, -0.15) is 0 Å². The van der Waals surface area contributed by atoms with Gasteiger partial charge in [-0.1, -0.05) is 56.0 Å². The average Bonchev–Trinajstić information content (AvgIpc) is 2.95. The van der Waals surface area contributed by atoms with E-state index in [0.29, 0.717) is 24.2 Å². The Balaban J connectivity index is 1.46. The first-order valence-corrected chi connectivity index (χ1v) is 9.73. The predicted molar refractivity (Wildman–Crippen MR) is 104 cm³/mol. The van der Waals surface area contributed by atoms with E-state index in [0.717, 1.165) is 25.7 Å². The van der Waals surface area contributed by atoms with Crippen LogP contribution in [0, 0.1) is 0 Å². The monoisotopic (exact) mass is 352 g/mol. The second-order valence-corrected chi connectivity index (χ2v) is 6.94. The van der Waals surface area contributed by atoms with Gasteiger partial charge in [0, 0.05) is 18.8 Å². The quantitative estimate of drug-likeness (QED) is 0.584. The number of amides is 1. The van der Waals surface area contributed by atoms with Gasteiger partial charge in [0.25, 0.3) is 5.91 Å². The molecule has 2 aromatic rings. The second kappa shape index (κ2) is 9.90. The summed E-state index contributed by atoms with van der Waals surface area (Å²) in [5.74, 6) is 0.429. The smallest absolute Gasteiger partial charge is 0.270 e. The molecule has 5 heteroatoms. The third-order valence-corrected chi connectivity index (χ3v) is 4.85. The number of carbonyl (C=O) groups excluding carboxylic acids is 1. The first-order valence-electron chi connectivity index (χ1n) is 9.73. The molecule has 1 aromatic heterocycles. The summed E-state index contributed by atoms with van der Waals surface area (Å²) in [5, 5.41) is 6.36. The van der Waals surface area contributed by atoms with Crippen molar-refractivity contribution >= 4 is 11.9 Å². The molecule has 1 aromatic carbocycles. The van der Waals surface area contributed by atoms with E-state index in [9.17, 15) is 4.79 Å². The lowest BCUT2D eigenvalue weighted by atomic mass is 10.1. The van der Waals surface area contributed by atoms with E-state index >= 15 is 0 Å². The molecule has 0 saturated heterocycles. The molecule has 26 heavy (non-hydrogen) atoms. The van der Waals surface area contributed by atoms with Gasteiger partial charge < -0.3 is 10.6 Å². The van der Waals surface area contributed by atoms with Gasteiger partial charge in [-0.3, -0.25) is 4.79 Å². The fraction of sp³-hybridized carbons (Fsp3) is 0.476. The number of benzene rings is 1. The second-order valence-electron chi connectivity index (χ2n) is 6.94. The van der Waals surface area contributed by atoms with Crippen LogP contribution in [0.2, 0.25) is 0 Å². The third kappa shape index (κ3) is 5.83. The summed E-state index contributed by atoms with van der Waals surface area (Å²) in [7, 11) is 0. The zero-order valence-electron chi connectivity index (χ0n) is 15.3. The van der Waals surface area contributed by atoms with E-state index in [1.54, 1.807) is 12.3 Å². The largest absolute Gasteiger partial charge is 0.351 e. The van der Waals surface area contributed by atoms with Crippen LogP contribution in [-0.2, 0) is 6.42 Å². The summed E-state index contributed by atoms with van der Waals surface area (Å²) in [6, 6.07) is 12.4. The molecule has 1 heterocycles. The van der Waals surface area contributed by atoms with Crippen LogP contribution in [0.5, 0.6) is 0 Å². The van der Waals surface area contributed by atoms with E-state index in [2.05, 4.69) is 32.7 Å². The first-order chi connectivity index (χ1) is 12.8. The van der Waals surface area contributed by atoms with Crippen molar-refractivity contribution in [3.05, 3.63) is 53.9 Å². The Hall–Kier alpha value is -2.43. The number of hydrogen-bond acceptors (Lipinski definition) is 4. The highest BCUT2D eigenvalue weighted by Crippen LogP contribution is 2.19. The number of aromatic nitrogens is 2. The molecule has 0 unspecified atom stereocenters. The third-order valence-electron chi connectivity index (χ3n) is 4.85. The fourth-order valence-electron chi connectivity index (χ4n) is 3.39. The molecule has 2 N–H and O–H groups in total. The lowest BCUT2D eigenvalue weighted by Crippen LogP contribution is -2.27. The van der Waals surface area contributed by atoms with Crippen molar-refractivity contribution in [2.75, 3.05) is 11.9 Å². The molecule has 5 nitrogen and oxygen atoms in total.